The summed E-state index contributed by atoms with van der Waals surface area (Å²) in [7, 11) is 0. The third kappa shape index (κ3) is 4.40. The highest BCUT2D eigenvalue weighted by atomic mass is 19.1. The molecule has 6 rings (SSSR count). The van der Waals surface area contributed by atoms with Crippen molar-refractivity contribution < 1.29 is 9.18 Å². The SMILES string of the molecule is O=C(Cc1ccc(-c2cnc3cc(-c4ccncc4)ccn23)cc1F)Nc1cc(C2CC2)ccn1. The Balaban J connectivity index is 1.20. The number of amides is 1. The van der Waals surface area contributed by atoms with Gasteiger partial charge in [0, 0.05) is 30.4 Å². The van der Waals surface area contributed by atoms with E-state index in [-0.39, 0.29) is 12.3 Å². The van der Waals surface area contributed by atoms with E-state index in [1.165, 1.54) is 24.5 Å². The number of nitrogens with one attached hydrogen (secondary N) is 1. The lowest BCUT2D eigenvalue weighted by Crippen LogP contribution is -2.16. The number of carbonyl (C=O) groups is 1. The lowest BCUT2D eigenvalue weighted by molar-refractivity contribution is -0.115. The summed E-state index contributed by atoms with van der Waals surface area (Å²) in [5.41, 5.74) is 5.83. The van der Waals surface area contributed by atoms with Crippen LogP contribution in [0.25, 0.3) is 28.0 Å². The van der Waals surface area contributed by atoms with Crippen molar-refractivity contribution in [1.29, 1.82) is 0 Å². The van der Waals surface area contributed by atoms with Crippen LogP contribution in [0.1, 0.15) is 29.9 Å². The second-order valence-corrected chi connectivity index (χ2v) is 8.80. The molecule has 6 nitrogen and oxygen atoms in total. The molecule has 4 heterocycles. The lowest BCUT2D eigenvalue weighted by atomic mass is 10.1. The number of fused-ring (bicyclic) bond motifs is 1. The van der Waals surface area contributed by atoms with Crippen LogP contribution in [0.15, 0.2) is 85.6 Å². The lowest BCUT2D eigenvalue weighted by Gasteiger charge is -2.09. The maximum Gasteiger partial charge on any atom is 0.230 e. The molecule has 35 heavy (non-hydrogen) atoms. The van der Waals surface area contributed by atoms with Crippen LogP contribution in [0, 0.1) is 5.82 Å². The average molecular weight is 464 g/mol. The normalized spacial score (nSPS) is 13.2. The van der Waals surface area contributed by atoms with Crippen molar-refractivity contribution in [2.75, 3.05) is 5.32 Å². The first-order valence-electron chi connectivity index (χ1n) is 11.6. The Bertz CT molecular complexity index is 1540. The number of rotatable bonds is 6. The van der Waals surface area contributed by atoms with Gasteiger partial charge < -0.3 is 5.32 Å². The van der Waals surface area contributed by atoms with Crippen LogP contribution >= 0.6 is 0 Å². The van der Waals surface area contributed by atoms with Crippen molar-refractivity contribution in [1.82, 2.24) is 19.4 Å². The number of aromatic nitrogens is 4. The van der Waals surface area contributed by atoms with Crippen molar-refractivity contribution in [2.24, 2.45) is 0 Å². The summed E-state index contributed by atoms with van der Waals surface area (Å²) in [6, 6.07) is 16.7. The van der Waals surface area contributed by atoms with Gasteiger partial charge in [0.15, 0.2) is 0 Å². The molecule has 1 saturated carbocycles. The third-order valence-electron chi connectivity index (χ3n) is 6.33. The number of pyridine rings is 3. The van der Waals surface area contributed by atoms with Gasteiger partial charge in [-0.25, -0.2) is 14.4 Å². The molecule has 4 aromatic heterocycles. The highest BCUT2D eigenvalue weighted by Gasteiger charge is 2.24. The molecule has 0 saturated heterocycles. The summed E-state index contributed by atoms with van der Waals surface area (Å²) in [6.07, 6.45) is 11.1. The zero-order valence-electron chi connectivity index (χ0n) is 18.9. The van der Waals surface area contributed by atoms with Gasteiger partial charge in [-0.05, 0) is 83.5 Å². The van der Waals surface area contributed by atoms with Crippen LogP contribution in [-0.4, -0.2) is 25.3 Å². The Morgan fingerprint density at radius 1 is 0.943 bits per heavy atom. The summed E-state index contributed by atoms with van der Waals surface area (Å²) in [5, 5.41) is 2.79. The maximum absolute atomic E-state index is 15.0. The number of nitrogens with zero attached hydrogens (tertiary/aromatic N) is 4. The van der Waals surface area contributed by atoms with Crippen molar-refractivity contribution in [3.05, 3.63) is 103 Å². The van der Waals surface area contributed by atoms with Crippen molar-refractivity contribution in [3.8, 4) is 22.4 Å². The summed E-state index contributed by atoms with van der Waals surface area (Å²) in [6.45, 7) is 0. The number of imidazole rings is 1. The molecular weight excluding hydrogens is 441 g/mol. The Labute approximate surface area is 201 Å². The quantitative estimate of drug-likeness (QED) is 0.353. The van der Waals surface area contributed by atoms with E-state index < -0.39 is 5.82 Å². The molecule has 172 valence electrons. The molecule has 1 aliphatic rings. The second-order valence-electron chi connectivity index (χ2n) is 8.80. The average Bonchev–Trinajstić information content (AvgIpc) is 3.65. The van der Waals surface area contributed by atoms with Gasteiger partial charge in [0.05, 0.1) is 18.3 Å². The highest BCUT2D eigenvalue weighted by Crippen LogP contribution is 2.40. The van der Waals surface area contributed by atoms with Gasteiger partial charge >= 0.3 is 0 Å². The molecule has 0 atom stereocenters. The fraction of sp³-hybridized carbons (Fsp3) is 0.143. The van der Waals surface area contributed by atoms with Gasteiger partial charge in [0.25, 0.3) is 0 Å². The molecule has 7 heteroatoms. The standard InChI is InChI=1S/C28H22FN5O/c29-24-13-23(25-17-32-27-15-21(8-12-34(25)27)19-5-9-30-10-6-19)4-3-22(24)16-28(35)33-26-14-20(7-11-31-26)18-1-2-18/h3-15,17-18H,1-2,16H2,(H,31,33,35). The number of halogens is 1. The van der Waals surface area contributed by atoms with Gasteiger partial charge in [-0.1, -0.05) is 12.1 Å². The van der Waals surface area contributed by atoms with Gasteiger partial charge in [-0.15, -0.1) is 0 Å². The first kappa shape index (κ1) is 21.2. The predicted molar refractivity (Wildman–Crippen MR) is 132 cm³/mol. The largest absolute Gasteiger partial charge is 0.310 e. The van der Waals surface area contributed by atoms with E-state index in [2.05, 4.69) is 20.3 Å². The Hall–Kier alpha value is -4.39. The molecule has 0 unspecified atom stereocenters. The van der Waals surface area contributed by atoms with E-state index in [1.54, 1.807) is 30.9 Å². The zero-order chi connectivity index (χ0) is 23.8. The fourth-order valence-corrected chi connectivity index (χ4v) is 4.31. The summed E-state index contributed by atoms with van der Waals surface area (Å²) in [5.74, 6) is 0.352. The molecule has 0 spiro atoms. The summed E-state index contributed by atoms with van der Waals surface area (Å²) < 4.78 is 16.9. The minimum absolute atomic E-state index is 0.0656. The predicted octanol–water partition coefficient (Wildman–Crippen LogP) is 5.66. The van der Waals surface area contributed by atoms with E-state index in [0.717, 1.165) is 22.5 Å². The van der Waals surface area contributed by atoms with Gasteiger partial charge in [-0.2, -0.15) is 0 Å². The van der Waals surface area contributed by atoms with E-state index in [0.29, 0.717) is 22.9 Å². The first-order chi connectivity index (χ1) is 17.1. The van der Waals surface area contributed by atoms with E-state index >= 15 is 0 Å². The van der Waals surface area contributed by atoms with Gasteiger partial charge in [-0.3, -0.25) is 14.2 Å². The Morgan fingerprint density at radius 3 is 2.60 bits per heavy atom. The van der Waals surface area contributed by atoms with Crippen LogP contribution in [0.2, 0.25) is 0 Å². The molecule has 0 bridgehead atoms. The molecule has 1 aromatic carbocycles. The van der Waals surface area contributed by atoms with Crippen molar-refractivity contribution >= 4 is 17.4 Å². The number of anilines is 1. The summed E-state index contributed by atoms with van der Waals surface area (Å²) in [4.78, 5) is 25.3. The summed E-state index contributed by atoms with van der Waals surface area (Å²) >= 11 is 0. The van der Waals surface area contributed by atoms with E-state index in [1.807, 2.05) is 53.1 Å². The number of hydrogen-bond donors (Lipinski definition) is 1. The molecule has 1 aliphatic carbocycles. The van der Waals surface area contributed by atoms with Crippen LogP contribution in [-0.2, 0) is 11.2 Å². The minimum atomic E-state index is -0.430. The Kier molecular flexibility index (Phi) is 5.29. The molecular formula is C28H22FN5O. The van der Waals surface area contributed by atoms with Gasteiger partial charge in [0.1, 0.15) is 17.3 Å². The Morgan fingerprint density at radius 2 is 1.80 bits per heavy atom. The topological polar surface area (TPSA) is 72.2 Å². The molecule has 5 aromatic rings. The number of hydrogen-bond acceptors (Lipinski definition) is 4. The van der Waals surface area contributed by atoms with E-state index in [9.17, 15) is 9.18 Å². The maximum atomic E-state index is 15.0. The first-order valence-corrected chi connectivity index (χ1v) is 11.6. The third-order valence-corrected chi connectivity index (χ3v) is 6.33. The van der Waals surface area contributed by atoms with Crippen LogP contribution in [0.4, 0.5) is 10.2 Å². The van der Waals surface area contributed by atoms with Gasteiger partial charge in [0.2, 0.25) is 5.91 Å². The minimum Gasteiger partial charge on any atom is -0.310 e. The number of benzene rings is 1. The van der Waals surface area contributed by atoms with Crippen LogP contribution in [0.3, 0.4) is 0 Å². The van der Waals surface area contributed by atoms with Crippen molar-refractivity contribution in [3.63, 3.8) is 0 Å². The number of carbonyl (C=O) groups excluding carboxylic acids is 1. The van der Waals surface area contributed by atoms with Crippen LogP contribution in [0.5, 0.6) is 0 Å². The monoisotopic (exact) mass is 463 g/mol. The molecule has 1 amide bonds. The molecule has 0 aliphatic heterocycles. The molecule has 1 fully saturated rings. The fourth-order valence-electron chi connectivity index (χ4n) is 4.31. The molecule has 1 N–H and O–H groups in total. The van der Waals surface area contributed by atoms with Crippen molar-refractivity contribution in [2.45, 2.75) is 25.2 Å². The second kappa shape index (κ2) is 8.76. The van der Waals surface area contributed by atoms with Crippen LogP contribution < -0.4 is 5.32 Å². The molecule has 0 radical (unpaired) electrons. The highest BCUT2D eigenvalue weighted by molar-refractivity contribution is 5.91. The van der Waals surface area contributed by atoms with E-state index in [4.69, 9.17) is 0 Å². The smallest absolute Gasteiger partial charge is 0.230 e. The zero-order valence-corrected chi connectivity index (χ0v) is 18.9.